The highest BCUT2D eigenvalue weighted by molar-refractivity contribution is 5.80. The van der Waals surface area contributed by atoms with E-state index >= 15 is 0 Å². The first kappa shape index (κ1) is 13.6. The van der Waals surface area contributed by atoms with Crippen LogP contribution in [-0.4, -0.2) is 43.4 Å². The molecule has 9 heteroatoms. The van der Waals surface area contributed by atoms with E-state index in [1.165, 1.54) is 4.68 Å². The number of hydrogen-bond donors (Lipinski definition) is 2. The molecule has 0 radical (unpaired) electrons. The SMILES string of the molecule is Cn1cnc(-c2cc[n+](CC(=O)NCC(=O)O)nc2)n1. The Labute approximate surface area is 113 Å². The summed E-state index contributed by atoms with van der Waals surface area (Å²) in [5, 5.41) is 18.9. The summed E-state index contributed by atoms with van der Waals surface area (Å²) in [4.78, 5) is 25.8. The minimum atomic E-state index is -1.09. The van der Waals surface area contributed by atoms with Crippen molar-refractivity contribution in [1.29, 1.82) is 0 Å². The molecule has 0 bridgehead atoms. The van der Waals surface area contributed by atoms with Crippen molar-refractivity contribution in [1.82, 2.24) is 25.2 Å². The number of nitrogens with zero attached hydrogens (tertiary/aromatic N) is 5. The van der Waals surface area contributed by atoms with Crippen LogP contribution in [0.4, 0.5) is 0 Å². The van der Waals surface area contributed by atoms with Crippen LogP contribution in [0.2, 0.25) is 0 Å². The van der Waals surface area contributed by atoms with E-state index in [1.807, 2.05) is 0 Å². The molecule has 0 aliphatic rings. The van der Waals surface area contributed by atoms with E-state index in [1.54, 1.807) is 36.5 Å². The van der Waals surface area contributed by atoms with E-state index in [0.29, 0.717) is 5.82 Å². The number of carboxylic acid groups (broad SMARTS) is 1. The second-order valence-electron chi connectivity index (χ2n) is 4.03. The van der Waals surface area contributed by atoms with Crippen LogP contribution in [-0.2, 0) is 23.2 Å². The number of carboxylic acids is 1. The molecule has 0 spiro atoms. The molecule has 104 valence electrons. The van der Waals surface area contributed by atoms with E-state index in [2.05, 4.69) is 20.5 Å². The molecule has 0 unspecified atom stereocenters. The van der Waals surface area contributed by atoms with Gasteiger partial charge in [0.05, 0.1) is 5.56 Å². The highest BCUT2D eigenvalue weighted by atomic mass is 16.4. The first-order valence-electron chi connectivity index (χ1n) is 5.75. The zero-order valence-corrected chi connectivity index (χ0v) is 10.7. The van der Waals surface area contributed by atoms with Gasteiger partial charge in [-0.15, -0.1) is 0 Å². The molecule has 0 aromatic carbocycles. The number of aliphatic carboxylic acids is 1. The van der Waals surface area contributed by atoms with Crippen LogP contribution in [0.1, 0.15) is 0 Å². The third-order valence-corrected chi connectivity index (χ3v) is 2.37. The number of carbonyl (C=O) groups is 2. The Morgan fingerprint density at radius 1 is 1.50 bits per heavy atom. The molecule has 0 saturated carbocycles. The smallest absolute Gasteiger partial charge is 0.322 e. The quantitative estimate of drug-likeness (QED) is 0.634. The van der Waals surface area contributed by atoms with E-state index in [9.17, 15) is 9.59 Å². The lowest BCUT2D eigenvalue weighted by Gasteiger charge is -1.98. The number of aryl methyl sites for hydroxylation is 1. The molecule has 2 aromatic rings. The van der Waals surface area contributed by atoms with Crippen LogP contribution in [0.3, 0.4) is 0 Å². The van der Waals surface area contributed by atoms with Crippen LogP contribution in [0.5, 0.6) is 0 Å². The number of carbonyl (C=O) groups excluding carboxylic acids is 1. The Kier molecular flexibility index (Phi) is 3.99. The first-order chi connectivity index (χ1) is 9.54. The summed E-state index contributed by atoms with van der Waals surface area (Å²) in [5.74, 6) is -0.969. The summed E-state index contributed by atoms with van der Waals surface area (Å²) in [7, 11) is 1.76. The minimum Gasteiger partial charge on any atom is -0.480 e. The van der Waals surface area contributed by atoms with Crippen molar-refractivity contribution in [3.8, 4) is 11.4 Å². The lowest BCUT2D eigenvalue weighted by atomic mass is 10.3. The lowest BCUT2D eigenvalue weighted by molar-refractivity contribution is -0.742. The van der Waals surface area contributed by atoms with Gasteiger partial charge in [-0.1, -0.05) is 4.68 Å². The zero-order chi connectivity index (χ0) is 14.5. The summed E-state index contributed by atoms with van der Waals surface area (Å²) in [6.07, 6.45) is 4.72. The average molecular weight is 277 g/mol. The molecule has 9 nitrogen and oxygen atoms in total. The summed E-state index contributed by atoms with van der Waals surface area (Å²) < 4.78 is 2.97. The van der Waals surface area contributed by atoms with Crippen LogP contribution in [0.25, 0.3) is 11.4 Å². The number of amides is 1. The highest BCUT2D eigenvalue weighted by Crippen LogP contribution is 2.09. The van der Waals surface area contributed by atoms with Crippen LogP contribution in [0, 0.1) is 0 Å². The second-order valence-corrected chi connectivity index (χ2v) is 4.03. The molecule has 2 aromatic heterocycles. The predicted molar refractivity (Wildman–Crippen MR) is 65.1 cm³/mol. The van der Waals surface area contributed by atoms with Crippen molar-refractivity contribution in [2.45, 2.75) is 6.54 Å². The zero-order valence-electron chi connectivity index (χ0n) is 10.7. The summed E-state index contributed by atoms with van der Waals surface area (Å²) in [6.45, 7) is -0.460. The summed E-state index contributed by atoms with van der Waals surface area (Å²) in [5.41, 5.74) is 0.729. The number of rotatable bonds is 5. The molecular formula is C11H13N6O3+. The molecule has 0 atom stereocenters. The van der Waals surface area contributed by atoms with Gasteiger partial charge in [0.1, 0.15) is 19.1 Å². The monoisotopic (exact) mass is 277 g/mol. The van der Waals surface area contributed by atoms with Gasteiger partial charge in [-0.3, -0.25) is 14.3 Å². The third kappa shape index (κ3) is 3.57. The standard InChI is InChI=1S/C11H12N6O3/c1-16-7-13-11(15-16)8-2-3-17(14-4-8)6-9(18)12-5-10(19)20/h2-4,7H,5-6H2,1H3,(H-,12,18,19,20)/p+1. The van der Waals surface area contributed by atoms with Crippen molar-refractivity contribution in [3.05, 3.63) is 24.8 Å². The second kappa shape index (κ2) is 5.87. The maximum atomic E-state index is 11.4. The van der Waals surface area contributed by atoms with Crippen molar-refractivity contribution < 1.29 is 19.4 Å². The molecule has 20 heavy (non-hydrogen) atoms. The van der Waals surface area contributed by atoms with Crippen molar-refractivity contribution in [2.75, 3.05) is 6.54 Å². The molecule has 0 fully saturated rings. The topological polar surface area (TPSA) is 114 Å². The van der Waals surface area contributed by atoms with Gasteiger partial charge in [0.2, 0.25) is 0 Å². The fraction of sp³-hybridized carbons (Fsp3) is 0.273. The molecule has 2 N–H and O–H groups in total. The maximum absolute atomic E-state index is 11.4. The molecule has 2 rings (SSSR count). The molecule has 1 amide bonds. The molecule has 0 aliphatic carbocycles. The normalized spacial score (nSPS) is 10.2. The van der Waals surface area contributed by atoms with Gasteiger partial charge < -0.3 is 10.4 Å². The third-order valence-electron chi connectivity index (χ3n) is 2.37. The van der Waals surface area contributed by atoms with Gasteiger partial charge in [0.25, 0.3) is 12.5 Å². The van der Waals surface area contributed by atoms with Crippen LogP contribution >= 0.6 is 0 Å². The Bertz CT molecular complexity index is 621. The molecule has 2 heterocycles. The van der Waals surface area contributed by atoms with Crippen molar-refractivity contribution >= 4 is 11.9 Å². The number of hydrogen-bond acceptors (Lipinski definition) is 5. The van der Waals surface area contributed by atoms with Gasteiger partial charge >= 0.3 is 5.97 Å². The largest absolute Gasteiger partial charge is 0.480 e. The molecular weight excluding hydrogens is 264 g/mol. The van der Waals surface area contributed by atoms with E-state index in [-0.39, 0.29) is 6.54 Å². The Morgan fingerprint density at radius 3 is 2.85 bits per heavy atom. The Hall–Kier alpha value is -2.84. The highest BCUT2D eigenvalue weighted by Gasteiger charge is 2.13. The number of nitrogens with one attached hydrogen (secondary N) is 1. The predicted octanol–water partition coefficient (Wildman–Crippen LogP) is -1.63. The Balaban J connectivity index is 1.98. The fourth-order valence-electron chi connectivity index (χ4n) is 1.46. The van der Waals surface area contributed by atoms with E-state index in [0.717, 1.165) is 5.56 Å². The lowest BCUT2D eigenvalue weighted by Crippen LogP contribution is -2.46. The first-order valence-corrected chi connectivity index (χ1v) is 5.75. The fourth-order valence-corrected chi connectivity index (χ4v) is 1.46. The average Bonchev–Trinajstić information content (AvgIpc) is 2.84. The van der Waals surface area contributed by atoms with Gasteiger partial charge in [-0.2, -0.15) is 5.10 Å². The van der Waals surface area contributed by atoms with Crippen molar-refractivity contribution in [2.24, 2.45) is 7.05 Å². The van der Waals surface area contributed by atoms with Crippen LogP contribution < -0.4 is 10.00 Å². The maximum Gasteiger partial charge on any atom is 0.322 e. The van der Waals surface area contributed by atoms with Gasteiger partial charge in [-0.25, -0.2) is 4.98 Å². The number of aromatic nitrogens is 5. The van der Waals surface area contributed by atoms with E-state index in [4.69, 9.17) is 5.11 Å². The van der Waals surface area contributed by atoms with Gasteiger partial charge in [-0.05, 0) is 5.10 Å². The Morgan fingerprint density at radius 2 is 2.30 bits per heavy atom. The summed E-state index contributed by atoms with van der Waals surface area (Å²) >= 11 is 0. The molecule has 0 aliphatic heterocycles. The van der Waals surface area contributed by atoms with Gasteiger partial charge in [0, 0.05) is 13.1 Å². The molecule has 0 saturated heterocycles. The van der Waals surface area contributed by atoms with E-state index < -0.39 is 18.4 Å². The van der Waals surface area contributed by atoms with Crippen LogP contribution in [0.15, 0.2) is 24.8 Å². The summed E-state index contributed by atoms with van der Waals surface area (Å²) in [6, 6.07) is 1.73. The minimum absolute atomic E-state index is 0.0524. The van der Waals surface area contributed by atoms with Crippen molar-refractivity contribution in [3.63, 3.8) is 0 Å². The van der Waals surface area contributed by atoms with Gasteiger partial charge in [0.15, 0.2) is 12.0 Å².